The average molecular weight is 387 g/mol. The lowest BCUT2D eigenvalue weighted by Crippen LogP contribution is -2.17. The van der Waals surface area contributed by atoms with Crippen molar-refractivity contribution in [1.82, 2.24) is 14.8 Å². The first-order chi connectivity index (χ1) is 11.8. The Balaban J connectivity index is 2.06. The normalized spacial score (nSPS) is 11.6. The largest absolute Gasteiger partial charge is 0.435 e. The molecule has 0 bridgehead atoms. The molecular weight excluding hydrogens is 377 g/mol. The van der Waals surface area contributed by atoms with Crippen LogP contribution in [0.5, 0.6) is 0 Å². The van der Waals surface area contributed by atoms with Crippen molar-refractivity contribution in [2.45, 2.75) is 13.1 Å². The van der Waals surface area contributed by atoms with E-state index in [-0.39, 0.29) is 21.5 Å². The first-order valence-corrected chi connectivity index (χ1v) is 8.17. The highest BCUT2D eigenvalue weighted by Crippen LogP contribution is 2.31. The van der Waals surface area contributed by atoms with E-state index < -0.39 is 17.8 Å². The molecule has 0 saturated carbocycles. The highest BCUT2D eigenvalue weighted by molar-refractivity contribution is 7.13. The van der Waals surface area contributed by atoms with Gasteiger partial charge in [0.2, 0.25) is 0 Å². The summed E-state index contributed by atoms with van der Waals surface area (Å²) in [5, 5.41) is 8.14. The van der Waals surface area contributed by atoms with Crippen LogP contribution in [0.2, 0.25) is 5.02 Å². The van der Waals surface area contributed by atoms with Gasteiger partial charge in [0.1, 0.15) is 5.69 Å². The minimum absolute atomic E-state index is 0.165. The zero-order valence-electron chi connectivity index (χ0n) is 12.6. The minimum atomic E-state index is -4.70. The number of para-hydroxylation sites is 1. The smallest absolute Gasteiger partial charge is 0.296 e. The Labute approximate surface area is 149 Å². The van der Waals surface area contributed by atoms with Crippen molar-refractivity contribution in [3.63, 3.8) is 0 Å². The van der Waals surface area contributed by atoms with Gasteiger partial charge in [0.15, 0.2) is 10.8 Å². The second-order valence-corrected chi connectivity index (χ2v) is 6.29. The van der Waals surface area contributed by atoms with Crippen molar-refractivity contribution in [3.05, 3.63) is 57.8 Å². The molecule has 25 heavy (non-hydrogen) atoms. The van der Waals surface area contributed by atoms with Crippen LogP contribution in [-0.2, 0) is 6.18 Å². The molecule has 1 N–H and O–H groups in total. The van der Waals surface area contributed by atoms with Gasteiger partial charge in [0.25, 0.3) is 5.91 Å². The van der Waals surface area contributed by atoms with Gasteiger partial charge in [-0.05, 0) is 19.1 Å². The number of carbonyl (C=O) groups is 1. The fourth-order valence-electron chi connectivity index (χ4n) is 2.06. The third-order valence-electron chi connectivity index (χ3n) is 3.15. The molecule has 10 heteroatoms. The van der Waals surface area contributed by atoms with Gasteiger partial charge in [0.05, 0.1) is 16.4 Å². The van der Waals surface area contributed by atoms with Crippen LogP contribution in [0.1, 0.15) is 21.9 Å². The Kier molecular flexibility index (Phi) is 4.53. The summed E-state index contributed by atoms with van der Waals surface area (Å²) >= 11 is 7.21. The second kappa shape index (κ2) is 6.49. The van der Waals surface area contributed by atoms with E-state index in [2.05, 4.69) is 15.4 Å². The summed E-state index contributed by atoms with van der Waals surface area (Å²) in [6.07, 6.45) is -4.70. The number of hydrogen-bond acceptors (Lipinski definition) is 4. The van der Waals surface area contributed by atoms with Crippen molar-refractivity contribution >= 4 is 34.0 Å². The molecule has 0 saturated heterocycles. The Bertz CT molecular complexity index is 935. The number of hydrogen-bond donors (Lipinski definition) is 1. The Morgan fingerprint density at radius 3 is 2.64 bits per heavy atom. The van der Waals surface area contributed by atoms with Gasteiger partial charge in [-0.3, -0.25) is 10.1 Å². The predicted octanol–water partition coefficient (Wildman–Crippen LogP) is 4.56. The number of anilines is 1. The molecule has 1 aromatic carbocycles. The second-order valence-electron chi connectivity index (χ2n) is 5.02. The lowest BCUT2D eigenvalue weighted by atomic mass is 10.3. The van der Waals surface area contributed by atoms with Gasteiger partial charge in [0, 0.05) is 11.4 Å². The molecule has 130 valence electrons. The van der Waals surface area contributed by atoms with Crippen LogP contribution >= 0.6 is 22.9 Å². The van der Waals surface area contributed by atoms with Crippen LogP contribution < -0.4 is 5.32 Å². The number of nitrogens with one attached hydrogen (secondary N) is 1. The molecule has 2 aromatic heterocycles. The minimum Gasteiger partial charge on any atom is -0.296 e. The summed E-state index contributed by atoms with van der Waals surface area (Å²) in [6.45, 7) is 1.74. The van der Waals surface area contributed by atoms with Gasteiger partial charge in [-0.15, -0.1) is 11.3 Å². The molecule has 0 fully saturated rings. The predicted molar refractivity (Wildman–Crippen MR) is 88.4 cm³/mol. The van der Waals surface area contributed by atoms with E-state index in [0.29, 0.717) is 11.8 Å². The van der Waals surface area contributed by atoms with Gasteiger partial charge in [-0.25, -0.2) is 9.67 Å². The molecule has 0 unspecified atom stereocenters. The average Bonchev–Trinajstić information content (AvgIpc) is 3.14. The number of rotatable bonds is 3. The third-order valence-corrected chi connectivity index (χ3v) is 4.35. The summed E-state index contributed by atoms with van der Waals surface area (Å²) in [5.41, 5.74) is -0.628. The zero-order chi connectivity index (χ0) is 18.2. The van der Waals surface area contributed by atoms with E-state index in [4.69, 9.17) is 11.6 Å². The maximum Gasteiger partial charge on any atom is 0.435 e. The number of amides is 1. The SMILES string of the molecule is Cc1csc(NC(=O)c2cc(C(F)(F)F)nn2-c2ccccc2Cl)n1. The number of alkyl halides is 3. The quantitative estimate of drug-likeness (QED) is 0.717. The van der Waals surface area contributed by atoms with Gasteiger partial charge in [-0.1, -0.05) is 23.7 Å². The fraction of sp³-hybridized carbons (Fsp3) is 0.133. The number of thiazole rings is 1. The number of carbonyl (C=O) groups excluding carboxylic acids is 1. The zero-order valence-corrected chi connectivity index (χ0v) is 14.2. The maximum absolute atomic E-state index is 13.0. The van der Waals surface area contributed by atoms with Crippen LogP contribution in [0.25, 0.3) is 5.69 Å². The third kappa shape index (κ3) is 3.67. The summed E-state index contributed by atoms with van der Waals surface area (Å²) < 4.78 is 40.0. The van der Waals surface area contributed by atoms with Crippen LogP contribution in [-0.4, -0.2) is 20.7 Å². The van der Waals surface area contributed by atoms with Gasteiger partial charge < -0.3 is 0 Å². The molecule has 0 atom stereocenters. The number of aromatic nitrogens is 3. The van der Waals surface area contributed by atoms with E-state index in [1.807, 2.05) is 0 Å². The Morgan fingerprint density at radius 2 is 2.04 bits per heavy atom. The number of benzene rings is 1. The number of nitrogens with zero attached hydrogens (tertiary/aromatic N) is 3. The summed E-state index contributed by atoms with van der Waals surface area (Å²) in [4.78, 5) is 16.5. The topological polar surface area (TPSA) is 59.8 Å². The molecule has 3 aromatic rings. The van der Waals surface area contributed by atoms with Crippen molar-refractivity contribution < 1.29 is 18.0 Å². The molecule has 5 nitrogen and oxygen atoms in total. The molecule has 0 radical (unpaired) electrons. The highest BCUT2D eigenvalue weighted by atomic mass is 35.5. The van der Waals surface area contributed by atoms with Crippen LogP contribution in [0.15, 0.2) is 35.7 Å². The lowest BCUT2D eigenvalue weighted by molar-refractivity contribution is -0.141. The standard InChI is InChI=1S/C15H10ClF3N4OS/c1-8-7-25-14(20-8)21-13(24)11-6-12(15(17,18)19)22-23(11)10-5-3-2-4-9(10)16/h2-7H,1H3,(H,20,21,24). The van der Waals surface area contributed by atoms with Gasteiger partial charge in [-0.2, -0.15) is 18.3 Å². The first-order valence-electron chi connectivity index (χ1n) is 6.91. The molecule has 3 rings (SSSR count). The maximum atomic E-state index is 13.0. The van der Waals surface area contributed by atoms with Gasteiger partial charge >= 0.3 is 6.18 Å². The molecule has 0 aliphatic rings. The number of aryl methyl sites for hydroxylation is 1. The molecule has 0 aliphatic carbocycles. The fourth-order valence-corrected chi connectivity index (χ4v) is 2.96. The molecule has 2 heterocycles. The van der Waals surface area contributed by atoms with Crippen molar-refractivity contribution in [2.75, 3.05) is 5.32 Å². The van der Waals surface area contributed by atoms with Crippen LogP contribution in [0.3, 0.4) is 0 Å². The van der Waals surface area contributed by atoms with E-state index in [1.54, 1.807) is 24.4 Å². The monoisotopic (exact) mass is 386 g/mol. The Morgan fingerprint density at radius 1 is 1.32 bits per heavy atom. The first kappa shape index (κ1) is 17.4. The molecule has 0 spiro atoms. The van der Waals surface area contributed by atoms with E-state index in [1.165, 1.54) is 23.5 Å². The Hall–Kier alpha value is -2.39. The van der Waals surface area contributed by atoms with E-state index in [0.717, 1.165) is 4.68 Å². The summed E-state index contributed by atoms with van der Waals surface area (Å²) in [5.74, 6) is -0.766. The molecule has 1 amide bonds. The van der Waals surface area contributed by atoms with E-state index >= 15 is 0 Å². The molecule has 0 aliphatic heterocycles. The highest BCUT2D eigenvalue weighted by Gasteiger charge is 2.36. The van der Waals surface area contributed by atoms with Crippen LogP contribution in [0, 0.1) is 6.92 Å². The summed E-state index contributed by atoms with van der Waals surface area (Å²) in [6, 6.07) is 6.86. The molecular formula is C15H10ClF3N4OS. The van der Waals surface area contributed by atoms with Crippen molar-refractivity contribution in [1.29, 1.82) is 0 Å². The van der Waals surface area contributed by atoms with E-state index in [9.17, 15) is 18.0 Å². The van der Waals surface area contributed by atoms with Crippen molar-refractivity contribution in [3.8, 4) is 5.69 Å². The lowest BCUT2D eigenvalue weighted by Gasteiger charge is -2.08. The van der Waals surface area contributed by atoms with Crippen LogP contribution in [0.4, 0.5) is 18.3 Å². The van der Waals surface area contributed by atoms with Crippen molar-refractivity contribution in [2.24, 2.45) is 0 Å². The summed E-state index contributed by atoms with van der Waals surface area (Å²) in [7, 11) is 0. The number of halogens is 4.